The third kappa shape index (κ3) is 2.56. The molecule has 74 valence electrons. The second-order valence-corrected chi connectivity index (χ2v) is 3.90. The Kier molecular flexibility index (Phi) is 3.09. The Morgan fingerprint density at radius 2 is 2.08 bits per heavy atom. The second kappa shape index (κ2) is 3.92. The Bertz CT molecular complexity index is 276. The van der Waals surface area contributed by atoms with Crippen molar-refractivity contribution in [2.45, 2.75) is 46.3 Å². The summed E-state index contributed by atoms with van der Waals surface area (Å²) in [5.74, 6) is 0.453. The van der Waals surface area contributed by atoms with Crippen molar-refractivity contribution in [3.63, 3.8) is 0 Å². The summed E-state index contributed by atoms with van der Waals surface area (Å²) in [6.45, 7) is 8.61. The molecule has 0 aliphatic carbocycles. The highest BCUT2D eigenvalue weighted by molar-refractivity contribution is 5.11. The van der Waals surface area contributed by atoms with E-state index in [-0.39, 0.29) is 6.10 Å². The maximum atomic E-state index is 9.22. The van der Waals surface area contributed by atoms with Crippen molar-refractivity contribution in [1.82, 2.24) is 9.78 Å². The number of aliphatic hydroxyl groups excluding tert-OH is 1. The van der Waals surface area contributed by atoms with Gasteiger partial charge in [0.1, 0.15) is 0 Å². The van der Waals surface area contributed by atoms with Crippen LogP contribution in [0.25, 0.3) is 0 Å². The van der Waals surface area contributed by atoms with Gasteiger partial charge >= 0.3 is 0 Å². The minimum atomic E-state index is -0.335. The van der Waals surface area contributed by atoms with Gasteiger partial charge in [0.25, 0.3) is 0 Å². The van der Waals surface area contributed by atoms with Gasteiger partial charge in [-0.15, -0.1) is 0 Å². The fraction of sp³-hybridized carbons (Fsp3) is 0.700. The van der Waals surface area contributed by atoms with E-state index in [2.05, 4.69) is 25.0 Å². The van der Waals surface area contributed by atoms with Crippen molar-refractivity contribution < 1.29 is 5.11 Å². The lowest BCUT2D eigenvalue weighted by molar-refractivity contribution is 0.167. The molecular formula is C10H18N2O. The Labute approximate surface area is 79.4 Å². The van der Waals surface area contributed by atoms with Crippen LogP contribution in [0.3, 0.4) is 0 Å². The molecule has 1 aromatic rings. The van der Waals surface area contributed by atoms with Crippen molar-refractivity contribution in [2.24, 2.45) is 0 Å². The van der Waals surface area contributed by atoms with Gasteiger partial charge in [-0.25, -0.2) is 0 Å². The van der Waals surface area contributed by atoms with Gasteiger partial charge in [0.05, 0.1) is 18.3 Å². The fourth-order valence-corrected chi connectivity index (χ4v) is 1.25. The Morgan fingerprint density at radius 3 is 2.46 bits per heavy atom. The molecule has 0 aliphatic heterocycles. The van der Waals surface area contributed by atoms with Crippen LogP contribution in [-0.4, -0.2) is 21.0 Å². The SMILES string of the molecule is Cc1cc(C(C)C)nn1CC(C)O. The molecule has 0 spiro atoms. The summed E-state index contributed by atoms with van der Waals surface area (Å²) in [4.78, 5) is 0. The number of hydrogen-bond acceptors (Lipinski definition) is 2. The summed E-state index contributed by atoms with van der Waals surface area (Å²) in [5.41, 5.74) is 2.21. The molecule has 1 N–H and O–H groups in total. The van der Waals surface area contributed by atoms with E-state index in [1.54, 1.807) is 6.92 Å². The van der Waals surface area contributed by atoms with Gasteiger partial charge in [0.15, 0.2) is 0 Å². The number of aliphatic hydroxyl groups is 1. The Morgan fingerprint density at radius 1 is 1.46 bits per heavy atom. The van der Waals surface area contributed by atoms with Gasteiger partial charge in [-0.2, -0.15) is 5.10 Å². The van der Waals surface area contributed by atoms with Crippen LogP contribution in [0.4, 0.5) is 0 Å². The first kappa shape index (κ1) is 10.3. The molecule has 0 aromatic carbocycles. The monoisotopic (exact) mass is 182 g/mol. The molecule has 3 heteroatoms. The average molecular weight is 182 g/mol. The van der Waals surface area contributed by atoms with E-state index in [0.717, 1.165) is 11.4 Å². The minimum Gasteiger partial charge on any atom is -0.391 e. The van der Waals surface area contributed by atoms with Crippen molar-refractivity contribution in [2.75, 3.05) is 0 Å². The van der Waals surface area contributed by atoms with Crippen LogP contribution < -0.4 is 0 Å². The van der Waals surface area contributed by atoms with Crippen LogP contribution in [0.1, 0.15) is 38.1 Å². The Balaban J connectivity index is 2.83. The normalized spacial score (nSPS) is 13.7. The van der Waals surface area contributed by atoms with Gasteiger partial charge in [-0.3, -0.25) is 4.68 Å². The fourth-order valence-electron chi connectivity index (χ4n) is 1.25. The van der Waals surface area contributed by atoms with E-state index in [4.69, 9.17) is 0 Å². The first-order chi connectivity index (χ1) is 6.00. The maximum Gasteiger partial charge on any atom is 0.0708 e. The molecule has 13 heavy (non-hydrogen) atoms. The third-order valence-electron chi connectivity index (χ3n) is 2.03. The van der Waals surface area contributed by atoms with Gasteiger partial charge in [0.2, 0.25) is 0 Å². The third-order valence-corrected chi connectivity index (χ3v) is 2.03. The molecular weight excluding hydrogens is 164 g/mol. The van der Waals surface area contributed by atoms with E-state index in [1.807, 2.05) is 11.6 Å². The van der Waals surface area contributed by atoms with Crippen LogP contribution in [0.2, 0.25) is 0 Å². The second-order valence-electron chi connectivity index (χ2n) is 3.90. The van der Waals surface area contributed by atoms with Gasteiger partial charge in [0, 0.05) is 5.69 Å². The summed E-state index contributed by atoms with van der Waals surface area (Å²) in [7, 11) is 0. The van der Waals surface area contributed by atoms with E-state index < -0.39 is 0 Å². The lowest BCUT2D eigenvalue weighted by atomic mass is 10.1. The highest BCUT2D eigenvalue weighted by Crippen LogP contribution is 2.13. The van der Waals surface area contributed by atoms with Crippen molar-refractivity contribution in [1.29, 1.82) is 0 Å². The lowest BCUT2D eigenvalue weighted by Crippen LogP contribution is -2.14. The van der Waals surface area contributed by atoms with Crippen LogP contribution in [-0.2, 0) is 6.54 Å². The Hall–Kier alpha value is -0.830. The highest BCUT2D eigenvalue weighted by atomic mass is 16.3. The minimum absolute atomic E-state index is 0.335. The zero-order chi connectivity index (χ0) is 10.0. The van der Waals surface area contributed by atoms with Crippen molar-refractivity contribution in [3.8, 4) is 0 Å². The topological polar surface area (TPSA) is 38.0 Å². The number of aryl methyl sites for hydroxylation is 1. The van der Waals surface area contributed by atoms with Gasteiger partial charge < -0.3 is 5.11 Å². The largest absolute Gasteiger partial charge is 0.391 e. The molecule has 0 radical (unpaired) electrons. The van der Waals surface area contributed by atoms with Gasteiger partial charge in [-0.1, -0.05) is 13.8 Å². The predicted molar refractivity (Wildman–Crippen MR) is 52.7 cm³/mol. The van der Waals surface area contributed by atoms with E-state index in [1.165, 1.54) is 0 Å². The van der Waals surface area contributed by atoms with Crippen LogP contribution in [0, 0.1) is 6.92 Å². The molecule has 1 atom stereocenters. The molecule has 0 fully saturated rings. The van der Waals surface area contributed by atoms with Crippen LogP contribution in [0.5, 0.6) is 0 Å². The molecule has 0 aliphatic rings. The van der Waals surface area contributed by atoms with E-state index in [9.17, 15) is 5.11 Å². The van der Waals surface area contributed by atoms with E-state index >= 15 is 0 Å². The van der Waals surface area contributed by atoms with Crippen LogP contribution in [0.15, 0.2) is 6.07 Å². The van der Waals surface area contributed by atoms with Crippen molar-refractivity contribution in [3.05, 3.63) is 17.5 Å². The zero-order valence-corrected chi connectivity index (χ0v) is 8.78. The number of aromatic nitrogens is 2. The average Bonchev–Trinajstić information content (AvgIpc) is 2.31. The molecule has 1 aromatic heterocycles. The lowest BCUT2D eigenvalue weighted by Gasteiger charge is -2.06. The molecule has 1 heterocycles. The number of rotatable bonds is 3. The summed E-state index contributed by atoms with van der Waals surface area (Å²) in [6.07, 6.45) is -0.335. The highest BCUT2D eigenvalue weighted by Gasteiger charge is 2.08. The summed E-state index contributed by atoms with van der Waals surface area (Å²) in [6, 6.07) is 2.08. The molecule has 1 unspecified atom stereocenters. The standard InChI is InChI=1S/C10H18N2O/c1-7(2)10-5-8(3)12(11-10)6-9(4)13/h5,7,9,13H,6H2,1-4H3. The number of hydrogen-bond donors (Lipinski definition) is 1. The number of nitrogens with zero attached hydrogens (tertiary/aromatic N) is 2. The zero-order valence-electron chi connectivity index (χ0n) is 8.78. The first-order valence-corrected chi connectivity index (χ1v) is 4.73. The molecule has 0 saturated carbocycles. The van der Waals surface area contributed by atoms with E-state index in [0.29, 0.717) is 12.5 Å². The smallest absolute Gasteiger partial charge is 0.0708 e. The molecule has 0 amide bonds. The molecule has 1 rings (SSSR count). The maximum absolute atomic E-state index is 9.22. The molecule has 0 saturated heterocycles. The van der Waals surface area contributed by atoms with Gasteiger partial charge in [-0.05, 0) is 25.8 Å². The van der Waals surface area contributed by atoms with Crippen molar-refractivity contribution >= 4 is 0 Å². The molecule has 0 bridgehead atoms. The quantitative estimate of drug-likeness (QED) is 0.772. The molecule has 3 nitrogen and oxygen atoms in total. The summed E-state index contributed by atoms with van der Waals surface area (Å²) >= 11 is 0. The van der Waals surface area contributed by atoms with Crippen LogP contribution >= 0.6 is 0 Å². The predicted octanol–water partition coefficient (Wildman–Crippen LogP) is 1.70. The first-order valence-electron chi connectivity index (χ1n) is 4.73. The summed E-state index contributed by atoms with van der Waals surface area (Å²) < 4.78 is 1.86. The summed E-state index contributed by atoms with van der Waals surface area (Å²) in [5, 5.41) is 13.6.